The molecule has 5 atom stereocenters. The van der Waals surface area contributed by atoms with Crippen LogP contribution in [-0.2, 0) is 10.3 Å². The summed E-state index contributed by atoms with van der Waals surface area (Å²) >= 11 is 0. The fourth-order valence-electron chi connectivity index (χ4n) is 6.42. The lowest BCUT2D eigenvalue weighted by atomic mass is 9.69. The molecule has 1 saturated carbocycles. The Hall–Kier alpha value is -3.48. The minimum atomic E-state index is -1.65. The molecule has 3 N–H and O–H groups in total. The van der Waals surface area contributed by atoms with E-state index in [2.05, 4.69) is 22.9 Å². The van der Waals surface area contributed by atoms with Gasteiger partial charge in [-0.3, -0.25) is 4.98 Å². The molecule has 1 aliphatic carbocycles. The molecule has 2 aromatic rings. The average molecular weight is 516 g/mol. The van der Waals surface area contributed by atoms with Crippen molar-refractivity contribution in [3.63, 3.8) is 0 Å². The highest BCUT2D eigenvalue weighted by Gasteiger charge is 2.76. The highest BCUT2D eigenvalue weighted by atomic mass is 16.5. The Morgan fingerprint density at radius 2 is 2.05 bits per heavy atom. The van der Waals surface area contributed by atoms with Crippen molar-refractivity contribution in [2.75, 3.05) is 33.5 Å². The van der Waals surface area contributed by atoms with Crippen LogP contribution in [-0.4, -0.2) is 60.3 Å². The molecular formula is C30H33N3O5. The summed E-state index contributed by atoms with van der Waals surface area (Å²) in [6, 6.07) is 12.1. The number of aliphatic hydroxyl groups is 2. The molecule has 3 heterocycles. The Balaban J connectivity index is 1.75. The molecule has 8 heteroatoms. The van der Waals surface area contributed by atoms with Gasteiger partial charge in [0.2, 0.25) is 0 Å². The van der Waals surface area contributed by atoms with Gasteiger partial charge in [0, 0.05) is 36.5 Å². The number of nitriles is 1. The molecule has 0 unspecified atom stereocenters. The summed E-state index contributed by atoms with van der Waals surface area (Å²) in [5.74, 6) is -0.560. The van der Waals surface area contributed by atoms with Gasteiger partial charge >= 0.3 is 0 Å². The normalized spacial score (nSPS) is 30.3. The first kappa shape index (κ1) is 26.1. The fraction of sp³-hybridized carbons (Fsp3) is 0.400. The van der Waals surface area contributed by atoms with Crippen molar-refractivity contribution in [3.05, 3.63) is 89.8 Å². The molecule has 1 aromatic heterocycles. The van der Waals surface area contributed by atoms with Crippen LogP contribution in [0.4, 0.5) is 0 Å². The summed E-state index contributed by atoms with van der Waals surface area (Å²) in [4.78, 5) is 4.29. The number of hydrogen-bond donors (Lipinski definition) is 3. The van der Waals surface area contributed by atoms with Gasteiger partial charge < -0.3 is 29.7 Å². The Bertz CT molecular complexity index is 1300. The van der Waals surface area contributed by atoms with Gasteiger partial charge in [-0.15, -0.1) is 0 Å². The lowest BCUT2D eigenvalue weighted by Crippen LogP contribution is -2.56. The zero-order valence-corrected chi connectivity index (χ0v) is 21.6. The Labute approximate surface area is 222 Å². The van der Waals surface area contributed by atoms with Crippen LogP contribution in [0.3, 0.4) is 0 Å². The number of allylic oxidation sites excluding steroid dienone is 3. The third-order valence-electron chi connectivity index (χ3n) is 8.25. The molecule has 38 heavy (non-hydrogen) atoms. The van der Waals surface area contributed by atoms with E-state index in [0.29, 0.717) is 48.0 Å². The number of hydrogen-bond acceptors (Lipinski definition) is 8. The number of fused-ring (bicyclic) bond motifs is 3. The number of aromatic nitrogens is 1. The van der Waals surface area contributed by atoms with Crippen molar-refractivity contribution in [3.8, 4) is 17.6 Å². The van der Waals surface area contributed by atoms with Gasteiger partial charge in [-0.05, 0) is 24.1 Å². The van der Waals surface area contributed by atoms with Gasteiger partial charge in [0.25, 0.3) is 0 Å². The summed E-state index contributed by atoms with van der Waals surface area (Å²) in [5.41, 5.74) is -0.725. The van der Waals surface area contributed by atoms with Crippen molar-refractivity contribution in [2.45, 2.75) is 30.1 Å². The Morgan fingerprint density at radius 1 is 1.29 bits per heavy atom. The second-order valence-corrected chi connectivity index (χ2v) is 10.0. The molecule has 0 spiro atoms. The highest BCUT2D eigenvalue weighted by molar-refractivity contribution is 5.61. The Morgan fingerprint density at radius 3 is 2.66 bits per heavy atom. The number of methoxy groups -OCH3 is 1. The standard InChI is InChI=1S/C30H33N3O5/c1-4-20(12-31)11-10-19(2)30-27(21-8-6-5-7-9-21)23(16-34)24(13-33-22-17-37-18-22)29(30,35)28-25(36-3)14-32-15-26(28)38-30/h4-11,14-15,22-24,27,33-35H,2,13,16-18H2,1,3H3/b11-10-,20-4+/t23-,24-,27+,29+,30-/m0/s1. The van der Waals surface area contributed by atoms with Gasteiger partial charge in [0.05, 0.1) is 50.4 Å². The number of pyridine rings is 1. The lowest BCUT2D eigenvalue weighted by Gasteiger charge is -2.42. The molecule has 1 saturated heterocycles. The minimum absolute atomic E-state index is 0.167. The lowest BCUT2D eigenvalue weighted by molar-refractivity contribution is -0.104. The molecule has 3 aliphatic rings. The van der Waals surface area contributed by atoms with Gasteiger partial charge in [0.1, 0.15) is 17.1 Å². The van der Waals surface area contributed by atoms with Crippen molar-refractivity contribution in [1.82, 2.24) is 10.3 Å². The van der Waals surface area contributed by atoms with Crippen LogP contribution in [0.15, 0.2) is 78.7 Å². The SMILES string of the molecule is C=C(/C=C\C(C#N)=C/C)[C@@]12Oc3cncc(OC)c3[C@]1(O)[C@@H](CNC1COC1)[C@H](CO)[C@H]2c1ccccc1. The van der Waals surface area contributed by atoms with Crippen LogP contribution in [0, 0.1) is 23.2 Å². The van der Waals surface area contributed by atoms with Gasteiger partial charge in [-0.2, -0.15) is 5.26 Å². The summed E-state index contributed by atoms with van der Waals surface area (Å²) in [5, 5.41) is 37.0. The molecule has 8 nitrogen and oxygen atoms in total. The molecule has 198 valence electrons. The van der Waals surface area contributed by atoms with Crippen LogP contribution in [0.25, 0.3) is 0 Å². The van der Waals surface area contributed by atoms with E-state index in [4.69, 9.17) is 14.2 Å². The topological polar surface area (TPSA) is 117 Å². The van der Waals surface area contributed by atoms with E-state index in [0.717, 1.165) is 5.56 Å². The summed E-state index contributed by atoms with van der Waals surface area (Å²) in [6.07, 6.45) is 8.26. The van der Waals surface area contributed by atoms with E-state index in [9.17, 15) is 15.5 Å². The maximum Gasteiger partial charge on any atom is 0.174 e. The number of benzene rings is 1. The molecule has 5 rings (SSSR count). The van der Waals surface area contributed by atoms with Gasteiger partial charge in [0.15, 0.2) is 5.60 Å². The maximum atomic E-state index is 13.1. The number of ether oxygens (including phenoxy) is 3. The second-order valence-electron chi connectivity index (χ2n) is 10.0. The number of nitrogens with zero attached hydrogens (tertiary/aromatic N) is 2. The molecule has 0 radical (unpaired) electrons. The summed E-state index contributed by atoms with van der Waals surface area (Å²) < 4.78 is 17.8. The zero-order chi connectivity index (χ0) is 26.9. The van der Waals surface area contributed by atoms with Crippen LogP contribution in [0.1, 0.15) is 24.0 Å². The highest BCUT2D eigenvalue weighted by Crippen LogP contribution is 2.69. The van der Waals surface area contributed by atoms with E-state index < -0.39 is 29.0 Å². The molecule has 0 bridgehead atoms. The second kappa shape index (κ2) is 10.4. The predicted molar refractivity (Wildman–Crippen MR) is 142 cm³/mol. The summed E-state index contributed by atoms with van der Waals surface area (Å²) in [6.45, 7) is 7.61. The third-order valence-corrected chi connectivity index (χ3v) is 8.25. The predicted octanol–water partition coefficient (Wildman–Crippen LogP) is 3.00. The van der Waals surface area contributed by atoms with E-state index in [-0.39, 0.29) is 12.6 Å². The van der Waals surface area contributed by atoms with E-state index in [1.807, 2.05) is 30.3 Å². The zero-order valence-electron chi connectivity index (χ0n) is 21.6. The molecular weight excluding hydrogens is 482 g/mol. The molecule has 1 aromatic carbocycles. The first-order valence-electron chi connectivity index (χ1n) is 12.8. The molecule has 0 amide bonds. The van der Waals surface area contributed by atoms with Crippen LogP contribution >= 0.6 is 0 Å². The Kier molecular flexibility index (Phi) is 7.12. The van der Waals surface area contributed by atoms with Gasteiger partial charge in [-0.1, -0.05) is 49.1 Å². The smallest absolute Gasteiger partial charge is 0.174 e. The summed E-state index contributed by atoms with van der Waals surface area (Å²) in [7, 11) is 1.53. The first-order valence-corrected chi connectivity index (χ1v) is 12.8. The maximum absolute atomic E-state index is 13.1. The van der Waals surface area contributed by atoms with E-state index in [1.165, 1.54) is 7.11 Å². The molecule has 2 aliphatic heterocycles. The van der Waals surface area contributed by atoms with Crippen molar-refractivity contribution < 1.29 is 24.4 Å². The first-order chi connectivity index (χ1) is 18.5. The van der Waals surface area contributed by atoms with E-state index in [1.54, 1.807) is 37.5 Å². The van der Waals surface area contributed by atoms with E-state index >= 15 is 0 Å². The van der Waals surface area contributed by atoms with Gasteiger partial charge in [-0.25, -0.2) is 0 Å². The van der Waals surface area contributed by atoms with Crippen LogP contribution in [0.2, 0.25) is 0 Å². The van der Waals surface area contributed by atoms with Crippen molar-refractivity contribution in [1.29, 1.82) is 5.26 Å². The van der Waals surface area contributed by atoms with Crippen LogP contribution < -0.4 is 14.8 Å². The fourth-order valence-corrected chi connectivity index (χ4v) is 6.42. The van der Waals surface area contributed by atoms with Crippen molar-refractivity contribution in [2.24, 2.45) is 11.8 Å². The third kappa shape index (κ3) is 3.77. The number of nitrogens with one attached hydrogen (secondary N) is 1. The van der Waals surface area contributed by atoms with Crippen molar-refractivity contribution >= 4 is 0 Å². The number of aliphatic hydroxyl groups excluding tert-OH is 1. The monoisotopic (exact) mass is 515 g/mol. The molecule has 2 fully saturated rings. The minimum Gasteiger partial charge on any atom is -0.495 e. The average Bonchev–Trinajstić information content (AvgIpc) is 3.31. The van der Waals surface area contributed by atoms with Crippen LogP contribution in [0.5, 0.6) is 11.5 Å². The number of rotatable bonds is 9. The largest absolute Gasteiger partial charge is 0.495 e. The quantitative estimate of drug-likeness (QED) is 0.345.